The van der Waals surface area contributed by atoms with E-state index in [1.807, 2.05) is 5.57 Å². The zero-order valence-corrected chi connectivity index (χ0v) is 22.8. The van der Waals surface area contributed by atoms with Crippen LogP contribution in [0.25, 0.3) is 0 Å². The second-order valence-electron chi connectivity index (χ2n) is 11.0. The lowest BCUT2D eigenvalue weighted by Crippen LogP contribution is -2.27. The van der Waals surface area contributed by atoms with Crippen molar-refractivity contribution in [3.63, 3.8) is 0 Å². The smallest absolute Gasteiger partial charge is 0.0161 e. The third kappa shape index (κ3) is 9.31. The monoisotopic (exact) mass is 428 g/mol. The van der Waals surface area contributed by atoms with E-state index in [-0.39, 0.29) is 0 Å². The summed E-state index contributed by atoms with van der Waals surface area (Å²) in [6.07, 6.45) is 19.5. The second kappa shape index (κ2) is 15.1. The van der Waals surface area contributed by atoms with Crippen LogP contribution in [0.5, 0.6) is 0 Å². The van der Waals surface area contributed by atoms with Gasteiger partial charge in [0, 0.05) is 0 Å². The minimum Gasteiger partial charge on any atom is -0.0815 e. The van der Waals surface area contributed by atoms with Gasteiger partial charge < -0.3 is 0 Å². The molecule has 0 bridgehead atoms. The predicted octanol–water partition coefficient (Wildman–Crippen LogP) is 10.7. The molecular weight excluding hydrogens is 372 g/mol. The molecule has 31 heavy (non-hydrogen) atoms. The van der Waals surface area contributed by atoms with E-state index in [9.17, 15) is 0 Å². The van der Waals surface area contributed by atoms with E-state index in [4.69, 9.17) is 0 Å². The average Bonchev–Trinajstić information content (AvgIpc) is 2.69. The van der Waals surface area contributed by atoms with Crippen molar-refractivity contribution in [2.75, 3.05) is 0 Å². The first-order valence-electron chi connectivity index (χ1n) is 13.9. The molecule has 180 valence electrons. The Bertz CT molecular complexity index is 577. The number of rotatable bonds is 15. The van der Waals surface area contributed by atoms with Crippen LogP contribution < -0.4 is 0 Å². The molecule has 1 rings (SSSR count). The number of allylic oxidation sites excluding steroid dienone is 6. The Balaban J connectivity index is 3.15. The van der Waals surface area contributed by atoms with E-state index in [1.165, 1.54) is 69.8 Å². The summed E-state index contributed by atoms with van der Waals surface area (Å²) >= 11 is 0. The fourth-order valence-electron chi connectivity index (χ4n) is 5.39. The van der Waals surface area contributed by atoms with E-state index >= 15 is 0 Å². The highest BCUT2D eigenvalue weighted by Gasteiger charge is 2.31. The molecule has 1 aliphatic rings. The van der Waals surface area contributed by atoms with Crippen LogP contribution in [-0.2, 0) is 0 Å². The van der Waals surface area contributed by atoms with Crippen LogP contribution >= 0.6 is 0 Å². The van der Waals surface area contributed by atoms with Gasteiger partial charge in [-0.05, 0) is 105 Å². The molecule has 0 radical (unpaired) electrons. The van der Waals surface area contributed by atoms with Crippen molar-refractivity contribution in [2.24, 2.45) is 29.6 Å². The first kappa shape index (κ1) is 28.3. The Hall–Kier alpha value is -0.780. The lowest BCUT2D eigenvalue weighted by molar-refractivity contribution is 0.133. The van der Waals surface area contributed by atoms with Gasteiger partial charge in [-0.15, -0.1) is 0 Å². The van der Waals surface area contributed by atoms with E-state index in [1.54, 1.807) is 11.1 Å². The fourth-order valence-corrected chi connectivity index (χ4v) is 5.39. The molecule has 1 fully saturated rings. The SMILES string of the molecule is CCCC(CCC1CC(C(C)C)C1)=C(C(=CCC=C(C)C(C)C)CC)C(CC)CCC. The molecule has 1 atom stereocenters. The maximum atomic E-state index is 2.58. The van der Waals surface area contributed by atoms with Gasteiger partial charge in [-0.1, -0.05) is 91.5 Å². The third-order valence-electron chi connectivity index (χ3n) is 7.98. The maximum absolute atomic E-state index is 2.58. The third-order valence-corrected chi connectivity index (χ3v) is 7.98. The summed E-state index contributed by atoms with van der Waals surface area (Å²) in [5, 5.41) is 0. The molecule has 0 aliphatic heterocycles. The number of hydrogen-bond acceptors (Lipinski definition) is 0. The van der Waals surface area contributed by atoms with Crippen LogP contribution in [0.4, 0.5) is 0 Å². The van der Waals surface area contributed by atoms with Crippen LogP contribution in [0.1, 0.15) is 133 Å². The maximum Gasteiger partial charge on any atom is -0.0161 e. The van der Waals surface area contributed by atoms with Crippen molar-refractivity contribution in [2.45, 2.75) is 133 Å². The number of hydrogen-bond donors (Lipinski definition) is 0. The van der Waals surface area contributed by atoms with Gasteiger partial charge in [0.05, 0.1) is 0 Å². The van der Waals surface area contributed by atoms with Crippen molar-refractivity contribution in [1.29, 1.82) is 0 Å². The van der Waals surface area contributed by atoms with Crippen molar-refractivity contribution in [1.82, 2.24) is 0 Å². The first-order chi connectivity index (χ1) is 14.8. The Labute approximate surface area is 197 Å². The summed E-state index contributed by atoms with van der Waals surface area (Å²) in [6, 6.07) is 0. The van der Waals surface area contributed by atoms with Gasteiger partial charge in [-0.25, -0.2) is 0 Å². The fraction of sp³-hybridized carbons (Fsp3) is 0.806. The van der Waals surface area contributed by atoms with E-state index in [0.717, 1.165) is 30.1 Å². The summed E-state index contributed by atoms with van der Waals surface area (Å²) in [7, 11) is 0. The van der Waals surface area contributed by atoms with E-state index in [0.29, 0.717) is 5.92 Å². The molecule has 0 heteroatoms. The molecule has 0 nitrogen and oxygen atoms in total. The predicted molar refractivity (Wildman–Crippen MR) is 142 cm³/mol. The lowest BCUT2D eigenvalue weighted by atomic mass is 9.67. The van der Waals surface area contributed by atoms with Crippen LogP contribution in [0.2, 0.25) is 0 Å². The summed E-state index contributed by atoms with van der Waals surface area (Å²) in [6.45, 7) is 21.3. The highest BCUT2D eigenvalue weighted by molar-refractivity contribution is 5.38. The molecule has 1 aliphatic carbocycles. The van der Waals surface area contributed by atoms with Crippen LogP contribution in [-0.4, -0.2) is 0 Å². The standard InChI is InChI=1S/C31H56/c1-10-15-27(12-3)31(28(13-4)18-14-17-25(9)23(5)6)29(16-11-2)20-19-26-21-30(22-26)24(7)8/h17-18,23-24,26-27,30H,10-16,19-22H2,1-9H3. The topological polar surface area (TPSA) is 0 Å². The average molecular weight is 429 g/mol. The Morgan fingerprint density at radius 1 is 0.903 bits per heavy atom. The van der Waals surface area contributed by atoms with Gasteiger partial charge >= 0.3 is 0 Å². The highest BCUT2D eigenvalue weighted by atomic mass is 14.4. The van der Waals surface area contributed by atoms with Gasteiger partial charge in [0.2, 0.25) is 0 Å². The summed E-state index contributed by atoms with van der Waals surface area (Å²) < 4.78 is 0. The van der Waals surface area contributed by atoms with Crippen molar-refractivity contribution in [3.05, 3.63) is 34.4 Å². The molecule has 0 spiro atoms. The first-order valence-corrected chi connectivity index (χ1v) is 13.9. The summed E-state index contributed by atoms with van der Waals surface area (Å²) in [4.78, 5) is 0. The van der Waals surface area contributed by atoms with Crippen molar-refractivity contribution >= 4 is 0 Å². The lowest BCUT2D eigenvalue weighted by Gasteiger charge is -2.38. The van der Waals surface area contributed by atoms with Crippen molar-refractivity contribution in [3.8, 4) is 0 Å². The van der Waals surface area contributed by atoms with Gasteiger partial charge in [-0.3, -0.25) is 0 Å². The largest absolute Gasteiger partial charge is 0.0815 e. The van der Waals surface area contributed by atoms with Crippen LogP contribution in [0.3, 0.4) is 0 Å². The molecule has 0 amide bonds. The minimum absolute atomic E-state index is 0.657. The Morgan fingerprint density at radius 3 is 2.06 bits per heavy atom. The van der Waals surface area contributed by atoms with Gasteiger partial charge in [-0.2, -0.15) is 0 Å². The van der Waals surface area contributed by atoms with Gasteiger partial charge in [0.25, 0.3) is 0 Å². The molecule has 0 aromatic heterocycles. The van der Waals surface area contributed by atoms with E-state index in [2.05, 4.69) is 74.5 Å². The highest BCUT2D eigenvalue weighted by Crippen LogP contribution is 2.43. The zero-order valence-electron chi connectivity index (χ0n) is 22.8. The van der Waals surface area contributed by atoms with E-state index < -0.39 is 0 Å². The van der Waals surface area contributed by atoms with Crippen molar-refractivity contribution < 1.29 is 0 Å². The molecule has 1 saturated carbocycles. The van der Waals surface area contributed by atoms with Crippen LogP contribution in [0, 0.1) is 29.6 Å². The molecule has 0 heterocycles. The minimum atomic E-state index is 0.657. The molecule has 0 N–H and O–H groups in total. The summed E-state index contributed by atoms with van der Waals surface area (Å²) in [5.74, 6) is 4.26. The van der Waals surface area contributed by atoms with Crippen LogP contribution in [0.15, 0.2) is 34.4 Å². The second-order valence-corrected chi connectivity index (χ2v) is 11.0. The Kier molecular flexibility index (Phi) is 13.8. The normalized spacial score (nSPS) is 22.0. The quantitative estimate of drug-likeness (QED) is 0.180. The zero-order chi connectivity index (χ0) is 23.4. The molecule has 0 saturated heterocycles. The molecular formula is C31H56. The van der Waals surface area contributed by atoms with Gasteiger partial charge in [0.15, 0.2) is 0 Å². The molecule has 0 aromatic carbocycles. The van der Waals surface area contributed by atoms with Gasteiger partial charge in [0.1, 0.15) is 0 Å². The Morgan fingerprint density at radius 2 is 1.58 bits per heavy atom. The molecule has 1 unspecified atom stereocenters. The molecule has 0 aromatic rings. The summed E-state index contributed by atoms with van der Waals surface area (Å²) in [5.41, 5.74) is 6.78.